The lowest BCUT2D eigenvalue weighted by atomic mass is 9.99. The van der Waals surface area contributed by atoms with Crippen molar-refractivity contribution >= 4 is 23.6 Å². The molecule has 2 atom stereocenters. The number of hydrogen-bond acceptors (Lipinski definition) is 4. The molecule has 0 aliphatic carbocycles. The first-order chi connectivity index (χ1) is 16.4. The minimum atomic E-state index is -0.580. The van der Waals surface area contributed by atoms with Gasteiger partial charge >= 0.3 is 23.6 Å². The van der Waals surface area contributed by atoms with E-state index in [2.05, 4.69) is 49.0 Å². The first kappa shape index (κ1) is 31.9. The molecule has 0 aliphatic rings. The van der Waals surface area contributed by atoms with Crippen molar-refractivity contribution in [1.29, 1.82) is 0 Å². The average Bonchev–Trinajstić information content (AvgIpc) is 2.85. The number of unbranched alkanes of at least 4 members (excludes halogenated alkanes) is 5. The van der Waals surface area contributed by atoms with E-state index in [1.54, 1.807) is 0 Å². The molecule has 0 saturated heterocycles. The minimum absolute atomic E-state index is 0.419. The molecule has 0 fully saturated rings. The van der Waals surface area contributed by atoms with E-state index in [0.717, 1.165) is 77.0 Å². The van der Waals surface area contributed by atoms with E-state index in [-0.39, 0.29) is 0 Å². The highest BCUT2D eigenvalue weighted by Gasteiger charge is 2.16. The fourth-order valence-corrected chi connectivity index (χ4v) is 3.69. The SMILES string of the molecule is CCCCC(CC)CNC(=O)C(=O)NCCCCCCNC(=O)C(=O)NCC(CC)CCCC. The molecule has 0 saturated carbocycles. The second-order valence-electron chi connectivity index (χ2n) is 9.18. The van der Waals surface area contributed by atoms with Gasteiger partial charge in [-0.3, -0.25) is 19.2 Å². The highest BCUT2D eigenvalue weighted by Crippen LogP contribution is 2.11. The molecule has 4 amide bonds. The molecule has 8 nitrogen and oxygen atoms in total. The summed E-state index contributed by atoms with van der Waals surface area (Å²) in [6.07, 6.45) is 11.9. The van der Waals surface area contributed by atoms with E-state index in [1.807, 2.05) is 0 Å². The number of hydrogen-bond donors (Lipinski definition) is 4. The monoisotopic (exact) mass is 482 g/mol. The van der Waals surface area contributed by atoms with Gasteiger partial charge in [-0.1, -0.05) is 79.1 Å². The zero-order chi connectivity index (χ0) is 25.6. The van der Waals surface area contributed by atoms with Crippen molar-refractivity contribution in [2.24, 2.45) is 11.8 Å². The molecule has 0 aliphatic heterocycles. The third-order valence-electron chi connectivity index (χ3n) is 6.28. The summed E-state index contributed by atoms with van der Waals surface area (Å²) in [6.45, 7) is 10.5. The summed E-state index contributed by atoms with van der Waals surface area (Å²) in [5.41, 5.74) is 0. The molecule has 0 radical (unpaired) electrons. The van der Waals surface area contributed by atoms with Gasteiger partial charge in [0.25, 0.3) is 0 Å². The largest absolute Gasteiger partial charge is 0.348 e. The Kier molecular flexibility index (Phi) is 20.1. The molecule has 0 spiro atoms. The van der Waals surface area contributed by atoms with Gasteiger partial charge in [-0.25, -0.2) is 0 Å². The lowest BCUT2D eigenvalue weighted by Crippen LogP contribution is -2.42. The van der Waals surface area contributed by atoms with E-state index in [1.165, 1.54) is 0 Å². The van der Waals surface area contributed by atoms with Crippen LogP contribution in [0.3, 0.4) is 0 Å². The summed E-state index contributed by atoms with van der Waals surface area (Å²) in [5, 5.41) is 10.8. The zero-order valence-corrected chi connectivity index (χ0v) is 22.1. The van der Waals surface area contributed by atoms with Crippen LogP contribution < -0.4 is 21.3 Å². The third kappa shape index (κ3) is 16.5. The standard InChI is InChI=1S/C26H50N4O4/c1-5-9-15-21(7-3)19-29-25(33)23(31)27-17-13-11-12-14-18-28-24(32)26(34)30-20-22(8-4)16-10-6-2/h21-22H,5-20H2,1-4H3,(H,27,31)(H,28,32)(H,29,33)(H,30,34). The summed E-state index contributed by atoms with van der Waals surface area (Å²) in [5.74, 6) is -1.45. The Hall–Kier alpha value is -2.12. The lowest BCUT2D eigenvalue weighted by molar-refractivity contribution is -0.139. The first-order valence-corrected chi connectivity index (χ1v) is 13.5. The molecular weight excluding hydrogens is 432 g/mol. The molecule has 34 heavy (non-hydrogen) atoms. The maximum atomic E-state index is 11.9. The van der Waals surface area contributed by atoms with Gasteiger partial charge in [0, 0.05) is 26.2 Å². The fourth-order valence-electron chi connectivity index (χ4n) is 3.69. The van der Waals surface area contributed by atoms with Crippen molar-refractivity contribution in [3.63, 3.8) is 0 Å². The molecule has 0 bridgehead atoms. The van der Waals surface area contributed by atoms with Crippen LogP contribution >= 0.6 is 0 Å². The van der Waals surface area contributed by atoms with Crippen molar-refractivity contribution in [2.45, 2.75) is 105 Å². The summed E-state index contributed by atoms with van der Waals surface area (Å²) < 4.78 is 0. The Morgan fingerprint density at radius 1 is 0.500 bits per heavy atom. The number of nitrogens with one attached hydrogen (secondary N) is 4. The van der Waals surface area contributed by atoms with Crippen molar-refractivity contribution in [2.75, 3.05) is 26.2 Å². The van der Waals surface area contributed by atoms with Crippen LogP contribution in [0.1, 0.15) is 105 Å². The van der Waals surface area contributed by atoms with Crippen molar-refractivity contribution in [3.05, 3.63) is 0 Å². The predicted octanol–water partition coefficient (Wildman–Crippen LogP) is 3.44. The van der Waals surface area contributed by atoms with Crippen LogP contribution in [-0.2, 0) is 19.2 Å². The Morgan fingerprint density at radius 3 is 1.18 bits per heavy atom. The summed E-state index contributed by atoms with van der Waals surface area (Å²) in [4.78, 5) is 47.6. The first-order valence-electron chi connectivity index (χ1n) is 13.5. The Bertz CT molecular complexity index is 533. The molecule has 0 heterocycles. The predicted molar refractivity (Wildman–Crippen MR) is 137 cm³/mol. The molecule has 4 N–H and O–H groups in total. The van der Waals surface area contributed by atoms with Crippen LogP contribution in [0.15, 0.2) is 0 Å². The van der Waals surface area contributed by atoms with Gasteiger partial charge in [0.2, 0.25) is 0 Å². The maximum Gasteiger partial charge on any atom is 0.309 e. The van der Waals surface area contributed by atoms with Crippen molar-refractivity contribution in [1.82, 2.24) is 21.3 Å². The molecule has 2 unspecified atom stereocenters. The van der Waals surface area contributed by atoms with Crippen molar-refractivity contribution in [3.8, 4) is 0 Å². The fraction of sp³-hybridized carbons (Fsp3) is 0.846. The highest BCUT2D eigenvalue weighted by molar-refractivity contribution is 6.35. The average molecular weight is 483 g/mol. The van der Waals surface area contributed by atoms with Gasteiger partial charge in [0.1, 0.15) is 0 Å². The van der Waals surface area contributed by atoms with Crippen LogP contribution in [0.5, 0.6) is 0 Å². The van der Waals surface area contributed by atoms with Gasteiger partial charge in [0.15, 0.2) is 0 Å². The number of rotatable bonds is 19. The topological polar surface area (TPSA) is 116 Å². The van der Waals surface area contributed by atoms with Gasteiger partial charge < -0.3 is 21.3 Å². The number of carbonyl (C=O) groups excluding carboxylic acids is 4. The minimum Gasteiger partial charge on any atom is -0.348 e. The quantitative estimate of drug-likeness (QED) is 0.167. The van der Waals surface area contributed by atoms with E-state index >= 15 is 0 Å². The lowest BCUT2D eigenvalue weighted by Gasteiger charge is -2.15. The third-order valence-corrected chi connectivity index (χ3v) is 6.28. The van der Waals surface area contributed by atoms with Crippen molar-refractivity contribution < 1.29 is 19.2 Å². The van der Waals surface area contributed by atoms with Crippen LogP contribution in [-0.4, -0.2) is 49.8 Å². The van der Waals surface area contributed by atoms with Crippen LogP contribution in [0, 0.1) is 11.8 Å². The smallest absolute Gasteiger partial charge is 0.309 e. The summed E-state index contributed by atoms with van der Waals surface area (Å²) in [6, 6.07) is 0. The maximum absolute atomic E-state index is 11.9. The second-order valence-corrected chi connectivity index (χ2v) is 9.18. The second kappa shape index (κ2) is 21.4. The summed E-state index contributed by atoms with van der Waals surface area (Å²) >= 11 is 0. The molecule has 8 heteroatoms. The molecule has 0 rings (SSSR count). The zero-order valence-electron chi connectivity index (χ0n) is 22.1. The molecule has 198 valence electrons. The van der Waals surface area contributed by atoms with E-state index in [4.69, 9.17) is 0 Å². The van der Waals surface area contributed by atoms with Gasteiger partial charge in [-0.15, -0.1) is 0 Å². The number of carbonyl (C=O) groups is 4. The van der Waals surface area contributed by atoms with E-state index < -0.39 is 23.6 Å². The molecule has 0 aromatic rings. The Balaban J connectivity index is 3.79. The molecular formula is C26H50N4O4. The highest BCUT2D eigenvalue weighted by atomic mass is 16.2. The van der Waals surface area contributed by atoms with Crippen LogP contribution in [0.2, 0.25) is 0 Å². The Morgan fingerprint density at radius 2 is 0.853 bits per heavy atom. The van der Waals surface area contributed by atoms with Gasteiger partial charge in [-0.2, -0.15) is 0 Å². The van der Waals surface area contributed by atoms with Crippen LogP contribution in [0.4, 0.5) is 0 Å². The number of amides is 4. The van der Waals surface area contributed by atoms with Gasteiger partial charge in [0.05, 0.1) is 0 Å². The van der Waals surface area contributed by atoms with E-state index in [0.29, 0.717) is 38.0 Å². The molecule has 0 aromatic heterocycles. The molecule has 0 aromatic carbocycles. The van der Waals surface area contributed by atoms with Gasteiger partial charge in [-0.05, 0) is 37.5 Å². The van der Waals surface area contributed by atoms with E-state index in [9.17, 15) is 19.2 Å². The normalized spacial score (nSPS) is 12.5. The van der Waals surface area contributed by atoms with Crippen LogP contribution in [0.25, 0.3) is 0 Å². The Labute approximate surface area is 207 Å². The summed E-state index contributed by atoms with van der Waals surface area (Å²) in [7, 11) is 0.